The van der Waals surface area contributed by atoms with Crippen molar-refractivity contribution in [2.75, 3.05) is 0 Å². The Hall–Kier alpha value is -5.03. The van der Waals surface area contributed by atoms with Crippen LogP contribution >= 0.6 is 0 Å². The van der Waals surface area contributed by atoms with Crippen LogP contribution in [0.4, 0.5) is 0 Å². The highest BCUT2D eigenvalue weighted by molar-refractivity contribution is 6.11. The molecule has 204 valence electrons. The number of furan rings is 1. The molecule has 1 aliphatic heterocycles. The van der Waals surface area contributed by atoms with Crippen molar-refractivity contribution in [2.24, 2.45) is 0 Å². The molecule has 0 fully saturated rings. The molecule has 0 aliphatic carbocycles. The van der Waals surface area contributed by atoms with E-state index in [1.807, 2.05) is 6.20 Å². The predicted molar refractivity (Wildman–Crippen MR) is 171 cm³/mol. The lowest BCUT2D eigenvalue weighted by molar-refractivity contribution is 0.656. The van der Waals surface area contributed by atoms with E-state index in [1.54, 1.807) is 0 Å². The minimum absolute atomic E-state index is 0.349. The molecule has 8 aromatic rings. The fraction of sp³-hybridized carbons (Fsp3) is 0.162. The third-order valence-electron chi connectivity index (χ3n) is 9.01. The SMILES string of the molecule is CC(C)c1cc2c(n1-c1cccc3c1oc1ccc(-n4c5ccccc5c5ccccc54)cc13)-c1nccn1CCC2. The summed E-state index contributed by atoms with van der Waals surface area (Å²) in [4.78, 5) is 4.84. The van der Waals surface area contributed by atoms with E-state index in [9.17, 15) is 0 Å². The first kappa shape index (κ1) is 23.7. The van der Waals surface area contributed by atoms with Crippen LogP contribution in [0.3, 0.4) is 0 Å². The van der Waals surface area contributed by atoms with E-state index >= 15 is 0 Å². The van der Waals surface area contributed by atoms with Gasteiger partial charge in [0.05, 0.1) is 22.4 Å². The first-order valence-electron chi connectivity index (χ1n) is 14.9. The van der Waals surface area contributed by atoms with Crippen LogP contribution in [-0.2, 0) is 13.0 Å². The highest BCUT2D eigenvalue weighted by Crippen LogP contribution is 2.41. The number of hydrogen-bond donors (Lipinski definition) is 0. The maximum Gasteiger partial charge on any atom is 0.159 e. The maximum atomic E-state index is 6.72. The lowest BCUT2D eigenvalue weighted by atomic mass is 10.1. The van der Waals surface area contributed by atoms with Crippen LogP contribution in [0, 0.1) is 0 Å². The molecule has 5 heteroatoms. The maximum absolute atomic E-state index is 6.72. The molecule has 0 radical (unpaired) electrons. The molecule has 1 aliphatic rings. The van der Waals surface area contributed by atoms with E-state index in [1.165, 1.54) is 38.8 Å². The standard InChI is InChI=1S/C37H30N4O/c1-23(2)33-21-24-9-8-19-39-20-18-38-37(39)35(24)41(33)32-15-7-12-28-29-22-25(16-17-34(29)42-36(28)32)40-30-13-5-3-10-26(30)27-11-4-6-14-31(27)40/h3-7,10-18,20-23H,8-9,19H2,1-2H3. The van der Waals surface area contributed by atoms with Gasteiger partial charge in [0, 0.05) is 51.9 Å². The Labute approximate surface area is 243 Å². The van der Waals surface area contributed by atoms with Gasteiger partial charge in [0.25, 0.3) is 0 Å². The van der Waals surface area contributed by atoms with Gasteiger partial charge in [0.1, 0.15) is 5.58 Å². The van der Waals surface area contributed by atoms with Crippen molar-refractivity contribution in [3.05, 3.63) is 115 Å². The van der Waals surface area contributed by atoms with Crippen LogP contribution in [0.15, 0.2) is 108 Å². The lowest BCUT2D eigenvalue weighted by Crippen LogP contribution is -2.07. The van der Waals surface area contributed by atoms with Gasteiger partial charge in [-0.15, -0.1) is 0 Å². The van der Waals surface area contributed by atoms with Gasteiger partial charge >= 0.3 is 0 Å². The van der Waals surface area contributed by atoms with Gasteiger partial charge in [-0.2, -0.15) is 0 Å². The van der Waals surface area contributed by atoms with Gasteiger partial charge < -0.3 is 18.1 Å². The molecule has 9 rings (SSSR count). The summed E-state index contributed by atoms with van der Waals surface area (Å²) < 4.78 is 13.8. The molecular formula is C37H30N4O. The molecule has 5 nitrogen and oxygen atoms in total. The fourth-order valence-corrected chi connectivity index (χ4v) is 7.14. The van der Waals surface area contributed by atoms with Crippen molar-refractivity contribution < 1.29 is 4.42 Å². The van der Waals surface area contributed by atoms with Gasteiger partial charge in [-0.25, -0.2) is 4.98 Å². The molecule has 0 unspecified atom stereocenters. The third kappa shape index (κ3) is 3.22. The summed E-state index contributed by atoms with van der Waals surface area (Å²) >= 11 is 0. The number of hydrogen-bond acceptors (Lipinski definition) is 2. The van der Waals surface area contributed by atoms with E-state index in [2.05, 4.69) is 125 Å². The number of fused-ring (bicyclic) bond motifs is 9. The molecule has 4 aromatic carbocycles. The van der Waals surface area contributed by atoms with E-state index in [-0.39, 0.29) is 0 Å². The molecule has 0 bridgehead atoms. The molecular weight excluding hydrogens is 516 g/mol. The molecule has 0 amide bonds. The number of aromatic nitrogens is 4. The molecule has 4 aromatic heterocycles. The molecule has 0 atom stereocenters. The van der Waals surface area contributed by atoms with Gasteiger partial charge in [-0.1, -0.05) is 62.4 Å². The molecule has 5 heterocycles. The number of nitrogens with zero attached hydrogens (tertiary/aromatic N) is 4. The summed E-state index contributed by atoms with van der Waals surface area (Å²) in [6.07, 6.45) is 6.19. The Morgan fingerprint density at radius 3 is 2.31 bits per heavy atom. The van der Waals surface area contributed by atoms with Gasteiger partial charge in [-0.05, 0) is 66.8 Å². The number of benzene rings is 4. The first-order chi connectivity index (χ1) is 20.7. The zero-order chi connectivity index (χ0) is 27.9. The van der Waals surface area contributed by atoms with Gasteiger partial charge in [0.2, 0.25) is 0 Å². The lowest BCUT2D eigenvalue weighted by Gasteiger charge is -2.16. The van der Waals surface area contributed by atoms with Crippen molar-refractivity contribution in [3.63, 3.8) is 0 Å². The Bertz CT molecular complexity index is 2270. The monoisotopic (exact) mass is 546 g/mol. The quantitative estimate of drug-likeness (QED) is 0.221. The fourth-order valence-electron chi connectivity index (χ4n) is 7.14. The summed E-state index contributed by atoms with van der Waals surface area (Å²) in [5, 5.41) is 4.78. The average molecular weight is 547 g/mol. The Morgan fingerprint density at radius 1 is 0.762 bits per heavy atom. The molecule has 0 N–H and O–H groups in total. The number of para-hydroxylation sites is 3. The van der Waals surface area contributed by atoms with Crippen molar-refractivity contribution in [2.45, 2.75) is 39.2 Å². The Morgan fingerprint density at radius 2 is 1.52 bits per heavy atom. The van der Waals surface area contributed by atoms with Crippen LogP contribution in [0.1, 0.15) is 37.4 Å². The van der Waals surface area contributed by atoms with Crippen LogP contribution in [-0.4, -0.2) is 18.7 Å². The largest absolute Gasteiger partial charge is 0.454 e. The molecule has 0 saturated heterocycles. The predicted octanol–water partition coefficient (Wildman–Crippen LogP) is 9.41. The topological polar surface area (TPSA) is 40.8 Å². The van der Waals surface area contributed by atoms with E-state index in [0.717, 1.165) is 58.5 Å². The summed E-state index contributed by atoms with van der Waals surface area (Å²) in [7, 11) is 0. The van der Waals surface area contributed by atoms with Crippen LogP contribution in [0.25, 0.3) is 66.6 Å². The van der Waals surface area contributed by atoms with E-state index < -0.39 is 0 Å². The van der Waals surface area contributed by atoms with Gasteiger partial charge in [0.15, 0.2) is 11.4 Å². The average Bonchev–Trinajstić information content (AvgIpc) is 3.77. The molecule has 0 spiro atoms. The summed E-state index contributed by atoms with van der Waals surface area (Å²) in [6, 6.07) is 32.9. The minimum atomic E-state index is 0.349. The number of imidazole rings is 1. The van der Waals surface area contributed by atoms with Crippen molar-refractivity contribution >= 4 is 43.7 Å². The van der Waals surface area contributed by atoms with Crippen LogP contribution < -0.4 is 0 Å². The summed E-state index contributed by atoms with van der Waals surface area (Å²) in [5.41, 5.74) is 10.3. The second-order valence-electron chi connectivity index (χ2n) is 11.8. The van der Waals surface area contributed by atoms with Crippen LogP contribution in [0.2, 0.25) is 0 Å². The van der Waals surface area contributed by atoms with Crippen molar-refractivity contribution in [1.29, 1.82) is 0 Å². The zero-order valence-corrected chi connectivity index (χ0v) is 23.7. The third-order valence-corrected chi connectivity index (χ3v) is 9.01. The summed E-state index contributed by atoms with van der Waals surface area (Å²) in [6.45, 7) is 5.53. The highest BCUT2D eigenvalue weighted by Gasteiger charge is 2.26. The number of rotatable bonds is 3. The van der Waals surface area contributed by atoms with Gasteiger partial charge in [-0.3, -0.25) is 0 Å². The second-order valence-corrected chi connectivity index (χ2v) is 11.8. The second kappa shape index (κ2) is 8.73. The van der Waals surface area contributed by atoms with E-state index in [4.69, 9.17) is 9.40 Å². The highest BCUT2D eigenvalue weighted by atomic mass is 16.3. The first-order valence-corrected chi connectivity index (χ1v) is 14.9. The molecule has 42 heavy (non-hydrogen) atoms. The van der Waals surface area contributed by atoms with E-state index in [0.29, 0.717) is 5.92 Å². The Kier molecular flexibility index (Phi) is 4.92. The van der Waals surface area contributed by atoms with Crippen molar-refractivity contribution in [1.82, 2.24) is 18.7 Å². The minimum Gasteiger partial charge on any atom is -0.454 e. The smallest absolute Gasteiger partial charge is 0.159 e. The number of aryl methyl sites for hydroxylation is 2. The summed E-state index contributed by atoms with van der Waals surface area (Å²) in [5.74, 6) is 1.39. The zero-order valence-electron chi connectivity index (χ0n) is 23.7. The van der Waals surface area contributed by atoms with Crippen molar-refractivity contribution in [3.8, 4) is 22.9 Å². The normalized spacial score (nSPS) is 13.4. The molecule has 0 saturated carbocycles. The Balaban J connectivity index is 1.31. The van der Waals surface area contributed by atoms with Crippen LogP contribution in [0.5, 0.6) is 0 Å².